The van der Waals surface area contributed by atoms with E-state index in [2.05, 4.69) is 0 Å². The molecule has 2 N–H and O–H groups in total. The van der Waals surface area contributed by atoms with Crippen molar-refractivity contribution in [2.24, 2.45) is 0 Å². The van der Waals surface area contributed by atoms with Crippen LogP contribution in [-0.2, 0) is 0 Å². The first-order chi connectivity index (χ1) is 7.64. The highest BCUT2D eigenvalue weighted by atomic mass is 35.5. The van der Waals surface area contributed by atoms with Crippen molar-refractivity contribution in [2.45, 2.75) is 26.3 Å². The van der Waals surface area contributed by atoms with E-state index in [-0.39, 0.29) is 16.5 Å². The Morgan fingerprint density at radius 1 is 1.41 bits per heavy atom. The minimum atomic E-state index is -1.31. The first-order valence-corrected chi connectivity index (χ1v) is 5.23. The molecular formula is C11H13ClFNO3. The molecular weight excluding hydrogens is 249 g/mol. The predicted molar refractivity (Wildman–Crippen MR) is 63.3 cm³/mol. The topological polar surface area (TPSA) is 60.8 Å². The molecule has 0 heterocycles. The second-order valence-corrected chi connectivity index (χ2v) is 4.95. The zero-order valence-corrected chi connectivity index (χ0v) is 10.4. The number of hydrogen-bond acceptors (Lipinski definition) is 2. The van der Waals surface area contributed by atoms with Gasteiger partial charge in [0, 0.05) is 11.6 Å². The molecule has 0 aromatic heterocycles. The van der Waals surface area contributed by atoms with Gasteiger partial charge in [0.25, 0.3) is 0 Å². The molecule has 4 nitrogen and oxygen atoms in total. The average molecular weight is 262 g/mol. The van der Waals surface area contributed by atoms with Gasteiger partial charge in [0.1, 0.15) is 11.6 Å². The summed E-state index contributed by atoms with van der Waals surface area (Å²) in [6.45, 7) is 4.85. The maximum atomic E-state index is 13.7. The summed E-state index contributed by atoms with van der Waals surface area (Å²) in [5.74, 6) is -1.16. The van der Waals surface area contributed by atoms with E-state index in [1.165, 1.54) is 0 Å². The molecule has 1 amide bonds. The zero-order valence-electron chi connectivity index (χ0n) is 9.66. The summed E-state index contributed by atoms with van der Waals surface area (Å²) in [5.41, 5.74) is -1.07. The van der Waals surface area contributed by atoms with Crippen molar-refractivity contribution in [2.75, 3.05) is 4.90 Å². The van der Waals surface area contributed by atoms with Crippen molar-refractivity contribution >= 4 is 23.4 Å². The number of hydrogen-bond donors (Lipinski definition) is 2. The van der Waals surface area contributed by atoms with Crippen LogP contribution in [0.25, 0.3) is 0 Å². The number of phenolic OH excluding ortho intramolecular Hbond substituents is 1. The van der Waals surface area contributed by atoms with Gasteiger partial charge in [0.2, 0.25) is 0 Å². The van der Waals surface area contributed by atoms with Gasteiger partial charge in [-0.05, 0) is 26.8 Å². The maximum Gasteiger partial charge on any atom is 0.412 e. The van der Waals surface area contributed by atoms with Gasteiger partial charge in [0.15, 0.2) is 0 Å². The zero-order chi connectivity index (χ0) is 13.4. The number of aromatic hydroxyl groups is 1. The lowest BCUT2D eigenvalue weighted by Gasteiger charge is -2.33. The molecule has 0 bridgehead atoms. The lowest BCUT2D eigenvalue weighted by atomic mass is 10.1. The standard InChI is InChI=1S/C11H13ClFNO3/c1-11(2,3)14(10(16)17)8-5-9(15)6(12)4-7(8)13/h4-5,15H,1-3H3,(H,16,17). The highest BCUT2D eigenvalue weighted by Crippen LogP contribution is 2.34. The second-order valence-electron chi connectivity index (χ2n) is 4.54. The Labute approximate surface area is 103 Å². The molecule has 6 heteroatoms. The first kappa shape index (κ1) is 13.6. The Bertz CT molecular complexity index is 457. The summed E-state index contributed by atoms with van der Waals surface area (Å²) in [5, 5.41) is 18.3. The summed E-state index contributed by atoms with van der Waals surface area (Å²) < 4.78 is 13.7. The average Bonchev–Trinajstić information content (AvgIpc) is 2.11. The fourth-order valence-electron chi connectivity index (χ4n) is 1.45. The molecule has 0 atom stereocenters. The summed E-state index contributed by atoms with van der Waals surface area (Å²) in [6, 6.07) is 1.88. The van der Waals surface area contributed by atoms with Crippen LogP contribution in [-0.4, -0.2) is 21.8 Å². The van der Waals surface area contributed by atoms with Gasteiger partial charge >= 0.3 is 6.09 Å². The van der Waals surface area contributed by atoms with Crippen LogP contribution in [0.15, 0.2) is 12.1 Å². The molecule has 0 aliphatic rings. The molecule has 0 fully saturated rings. The lowest BCUT2D eigenvalue weighted by Crippen LogP contribution is -2.45. The van der Waals surface area contributed by atoms with Crippen LogP contribution in [0.1, 0.15) is 20.8 Å². The quantitative estimate of drug-likeness (QED) is 0.814. The smallest absolute Gasteiger partial charge is 0.412 e. The lowest BCUT2D eigenvalue weighted by molar-refractivity contribution is 0.195. The molecule has 17 heavy (non-hydrogen) atoms. The van der Waals surface area contributed by atoms with Gasteiger partial charge in [-0.1, -0.05) is 11.6 Å². The molecule has 1 aromatic rings. The third kappa shape index (κ3) is 2.79. The fraction of sp³-hybridized carbons (Fsp3) is 0.364. The van der Waals surface area contributed by atoms with Gasteiger partial charge in [-0.3, -0.25) is 4.90 Å². The summed E-state index contributed by atoms with van der Waals surface area (Å²) in [4.78, 5) is 12.0. The number of halogens is 2. The van der Waals surface area contributed by atoms with E-state index in [1.807, 2.05) is 0 Å². The van der Waals surface area contributed by atoms with E-state index >= 15 is 0 Å². The largest absolute Gasteiger partial charge is 0.506 e. The van der Waals surface area contributed by atoms with Gasteiger partial charge in [0.05, 0.1) is 10.7 Å². The number of phenols is 1. The molecule has 94 valence electrons. The first-order valence-electron chi connectivity index (χ1n) is 4.85. The van der Waals surface area contributed by atoms with Crippen LogP contribution in [0, 0.1) is 5.82 Å². The van der Waals surface area contributed by atoms with E-state index in [0.717, 1.165) is 17.0 Å². The van der Waals surface area contributed by atoms with Crippen molar-refractivity contribution < 1.29 is 19.4 Å². The number of rotatable bonds is 1. The van der Waals surface area contributed by atoms with Crippen molar-refractivity contribution in [1.82, 2.24) is 0 Å². The highest BCUT2D eigenvalue weighted by Gasteiger charge is 2.30. The number of carboxylic acid groups (broad SMARTS) is 1. The van der Waals surface area contributed by atoms with Crippen molar-refractivity contribution in [1.29, 1.82) is 0 Å². The molecule has 0 aliphatic heterocycles. The molecule has 0 spiro atoms. The Morgan fingerprint density at radius 2 is 1.94 bits per heavy atom. The van der Waals surface area contributed by atoms with E-state index in [0.29, 0.717) is 0 Å². The van der Waals surface area contributed by atoms with Gasteiger partial charge in [-0.2, -0.15) is 0 Å². The maximum absolute atomic E-state index is 13.7. The van der Waals surface area contributed by atoms with Crippen LogP contribution in [0.3, 0.4) is 0 Å². The number of benzene rings is 1. The Kier molecular flexibility index (Phi) is 3.52. The van der Waals surface area contributed by atoms with Crippen LogP contribution in [0.5, 0.6) is 5.75 Å². The van der Waals surface area contributed by atoms with Crippen LogP contribution in [0.2, 0.25) is 5.02 Å². The SMILES string of the molecule is CC(C)(C)N(C(=O)O)c1cc(O)c(Cl)cc1F. The van der Waals surface area contributed by atoms with E-state index in [4.69, 9.17) is 16.7 Å². The summed E-state index contributed by atoms with van der Waals surface area (Å²) >= 11 is 5.53. The predicted octanol–water partition coefficient (Wildman–Crippen LogP) is 3.47. The molecule has 0 unspecified atom stereocenters. The van der Waals surface area contributed by atoms with Crippen LogP contribution in [0.4, 0.5) is 14.9 Å². The Balaban J connectivity index is 3.39. The third-order valence-corrected chi connectivity index (χ3v) is 2.42. The molecule has 0 radical (unpaired) electrons. The van der Waals surface area contributed by atoms with Gasteiger partial charge < -0.3 is 10.2 Å². The monoisotopic (exact) mass is 261 g/mol. The van der Waals surface area contributed by atoms with Gasteiger partial charge in [-0.15, -0.1) is 0 Å². The van der Waals surface area contributed by atoms with Crippen LogP contribution < -0.4 is 4.90 Å². The molecule has 1 aromatic carbocycles. The Morgan fingerprint density at radius 3 is 2.35 bits per heavy atom. The Hall–Kier alpha value is -1.49. The van der Waals surface area contributed by atoms with E-state index < -0.39 is 17.4 Å². The highest BCUT2D eigenvalue weighted by molar-refractivity contribution is 6.32. The van der Waals surface area contributed by atoms with E-state index in [1.54, 1.807) is 20.8 Å². The number of amides is 1. The third-order valence-electron chi connectivity index (χ3n) is 2.12. The minimum Gasteiger partial charge on any atom is -0.506 e. The number of anilines is 1. The van der Waals surface area contributed by atoms with Crippen molar-refractivity contribution in [3.8, 4) is 5.75 Å². The molecule has 0 aliphatic carbocycles. The van der Waals surface area contributed by atoms with E-state index in [9.17, 15) is 14.3 Å². The minimum absolute atomic E-state index is 0.162. The van der Waals surface area contributed by atoms with Crippen LogP contribution >= 0.6 is 11.6 Å². The van der Waals surface area contributed by atoms with Gasteiger partial charge in [-0.25, -0.2) is 9.18 Å². The molecule has 1 rings (SSSR count). The molecule has 0 saturated carbocycles. The summed E-state index contributed by atoms with van der Waals surface area (Å²) in [7, 11) is 0. The number of nitrogens with zero attached hydrogens (tertiary/aromatic N) is 1. The van der Waals surface area contributed by atoms with Crippen molar-refractivity contribution in [3.05, 3.63) is 23.0 Å². The second kappa shape index (κ2) is 4.41. The fourth-order valence-corrected chi connectivity index (χ4v) is 1.60. The molecule has 0 saturated heterocycles. The summed E-state index contributed by atoms with van der Waals surface area (Å²) in [6.07, 6.45) is -1.31. The normalized spacial score (nSPS) is 11.4. The van der Waals surface area contributed by atoms with Crippen molar-refractivity contribution in [3.63, 3.8) is 0 Å². The number of carbonyl (C=O) groups is 1.